The molecule has 0 fully saturated rings. The number of hydrogen-bond donors (Lipinski definition) is 2. The Morgan fingerprint density at radius 2 is 1.33 bits per heavy atom. The molecule has 2 N–H and O–H groups in total. The van der Waals surface area contributed by atoms with E-state index in [4.69, 9.17) is 9.47 Å². The molecule has 0 heterocycles. The van der Waals surface area contributed by atoms with Crippen LogP contribution in [0.1, 0.15) is 123 Å². The first-order valence-electron chi connectivity index (χ1n) is 15.3. The predicted octanol–water partition coefficient (Wildman–Crippen LogP) is 7.69. The molecule has 2 atom stereocenters. The van der Waals surface area contributed by atoms with Crippen LogP contribution in [-0.2, 0) is 19.1 Å². The predicted molar refractivity (Wildman–Crippen MR) is 160 cm³/mol. The molecule has 0 aliphatic rings. The third-order valence-corrected chi connectivity index (χ3v) is 6.23. The van der Waals surface area contributed by atoms with E-state index in [1.165, 1.54) is 44.9 Å². The molecular formula is C33H56O6. The fraction of sp³-hybridized carbons (Fsp3) is 0.697. The van der Waals surface area contributed by atoms with Gasteiger partial charge in [-0.1, -0.05) is 114 Å². The largest absolute Gasteiger partial charge is 0.462 e. The van der Waals surface area contributed by atoms with Crippen LogP contribution in [0.25, 0.3) is 0 Å². The van der Waals surface area contributed by atoms with Crippen LogP contribution < -0.4 is 0 Å². The van der Waals surface area contributed by atoms with Crippen molar-refractivity contribution < 1.29 is 29.3 Å². The Bertz CT molecular complexity index is 694. The van der Waals surface area contributed by atoms with Gasteiger partial charge < -0.3 is 19.7 Å². The normalized spacial score (nSPS) is 13.6. The minimum absolute atomic E-state index is 0.126. The van der Waals surface area contributed by atoms with E-state index >= 15 is 0 Å². The van der Waals surface area contributed by atoms with Crippen LogP contribution in [0.15, 0.2) is 48.6 Å². The number of ether oxygens (including phenoxy) is 2. The Balaban J connectivity index is 3.89. The lowest BCUT2D eigenvalue weighted by Crippen LogP contribution is -2.28. The maximum absolute atomic E-state index is 12.0. The van der Waals surface area contributed by atoms with E-state index in [1.54, 1.807) is 6.08 Å². The quantitative estimate of drug-likeness (QED) is 0.0498. The van der Waals surface area contributed by atoms with Gasteiger partial charge >= 0.3 is 11.9 Å². The highest BCUT2D eigenvalue weighted by Crippen LogP contribution is 2.10. The topological polar surface area (TPSA) is 93.1 Å². The highest BCUT2D eigenvalue weighted by Gasteiger charge is 2.16. The van der Waals surface area contributed by atoms with Crippen LogP contribution in [0.4, 0.5) is 0 Å². The summed E-state index contributed by atoms with van der Waals surface area (Å²) in [7, 11) is 0. The SMILES string of the molecule is CCCCC/C=C\C/C=C\C/C=C\C=C\[C@H](O)CCCC(=O)O[C@@H](CO)COC(=O)CCCCCCCCC. The minimum Gasteiger partial charge on any atom is -0.462 e. The van der Waals surface area contributed by atoms with Crippen LogP contribution in [0, 0.1) is 0 Å². The maximum atomic E-state index is 12.0. The standard InChI is InChI=1S/C33H56O6/c1-3-5-7-9-11-12-13-14-15-16-18-19-21-24-30(35)25-23-27-33(37)39-31(28-34)29-38-32(36)26-22-20-17-10-8-6-4-2/h11-12,14-15,18-19,21,24,30-31,34-35H,3-10,13,16-17,20,22-23,25-29H2,1-2H3/b12-11-,15-14-,19-18-,24-21+/t30-,31-/m0/s1. The van der Waals surface area contributed by atoms with Gasteiger partial charge in [0.05, 0.1) is 12.7 Å². The molecular weight excluding hydrogens is 492 g/mol. The van der Waals surface area contributed by atoms with Crippen molar-refractivity contribution in [1.29, 1.82) is 0 Å². The van der Waals surface area contributed by atoms with Crippen molar-refractivity contribution in [2.24, 2.45) is 0 Å². The van der Waals surface area contributed by atoms with E-state index in [0.717, 1.165) is 38.5 Å². The van der Waals surface area contributed by atoms with Crippen molar-refractivity contribution in [3.63, 3.8) is 0 Å². The van der Waals surface area contributed by atoms with Crippen LogP contribution >= 0.6 is 0 Å². The third kappa shape index (κ3) is 27.2. The molecule has 39 heavy (non-hydrogen) atoms. The van der Waals surface area contributed by atoms with Crippen molar-refractivity contribution in [3.05, 3.63) is 48.6 Å². The van der Waals surface area contributed by atoms with Gasteiger partial charge in [0.2, 0.25) is 0 Å². The lowest BCUT2D eigenvalue weighted by atomic mass is 10.1. The van der Waals surface area contributed by atoms with Gasteiger partial charge in [-0.3, -0.25) is 9.59 Å². The summed E-state index contributed by atoms with van der Waals surface area (Å²) >= 11 is 0. The first-order valence-corrected chi connectivity index (χ1v) is 15.3. The number of rotatable bonds is 26. The molecule has 0 aliphatic carbocycles. The Labute approximate surface area is 238 Å². The summed E-state index contributed by atoms with van der Waals surface area (Å²) in [6.07, 6.45) is 30.7. The molecule has 6 heteroatoms. The zero-order chi connectivity index (χ0) is 28.8. The molecule has 0 saturated heterocycles. The van der Waals surface area contributed by atoms with Crippen molar-refractivity contribution >= 4 is 11.9 Å². The summed E-state index contributed by atoms with van der Waals surface area (Å²) < 4.78 is 10.4. The Morgan fingerprint density at radius 3 is 2.05 bits per heavy atom. The second kappa shape index (κ2) is 28.8. The summed E-state index contributed by atoms with van der Waals surface area (Å²) in [6.45, 7) is 3.86. The lowest BCUT2D eigenvalue weighted by molar-refractivity contribution is -0.161. The van der Waals surface area contributed by atoms with Crippen molar-refractivity contribution in [2.75, 3.05) is 13.2 Å². The molecule has 0 amide bonds. The number of aliphatic hydroxyl groups is 2. The molecule has 0 spiro atoms. The minimum atomic E-state index is -0.860. The van der Waals surface area contributed by atoms with E-state index < -0.39 is 24.8 Å². The average molecular weight is 549 g/mol. The van der Waals surface area contributed by atoms with Crippen molar-refractivity contribution in [2.45, 2.75) is 135 Å². The summed E-state index contributed by atoms with van der Waals surface area (Å²) in [5.41, 5.74) is 0. The van der Waals surface area contributed by atoms with Crippen LogP contribution in [-0.4, -0.2) is 47.6 Å². The van der Waals surface area contributed by atoms with Crippen molar-refractivity contribution in [3.8, 4) is 0 Å². The number of hydrogen-bond acceptors (Lipinski definition) is 6. The smallest absolute Gasteiger partial charge is 0.306 e. The number of carbonyl (C=O) groups excluding carboxylic acids is 2. The molecule has 0 aromatic heterocycles. The molecule has 0 bridgehead atoms. The molecule has 0 aliphatic heterocycles. The Morgan fingerprint density at radius 1 is 0.718 bits per heavy atom. The van der Waals surface area contributed by atoms with Gasteiger partial charge in [-0.25, -0.2) is 0 Å². The average Bonchev–Trinajstić information content (AvgIpc) is 2.93. The van der Waals surface area contributed by atoms with Crippen LogP contribution in [0.2, 0.25) is 0 Å². The fourth-order valence-electron chi connectivity index (χ4n) is 3.83. The van der Waals surface area contributed by atoms with Gasteiger partial charge in [-0.05, 0) is 44.9 Å². The van der Waals surface area contributed by atoms with E-state index in [1.807, 2.05) is 18.2 Å². The summed E-state index contributed by atoms with van der Waals surface area (Å²) in [4.78, 5) is 23.9. The highest BCUT2D eigenvalue weighted by atomic mass is 16.6. The monoisotopic (exact) mass is 548 g/mol. The number of unbranched alkanes of at least 4 members (excludes halogenated alkanes) is 9. The van der Waals surface area contributed by atoms with Gasteiger partial charge in [0.25, 0.3) is 0 Å². The maximum Gasteiger partial charge on any atom is 0.306 e. The molecule has 6 nitrogen and oxygen atoms in total. The van der Waals surface area contributed by atoms with E-state index in [0.29, 0.717) is 19.3 Å². The number of carbonyl (C=O) groups is 2. The Hall–Kier alpha value is -2.18. The summed E-state index contributed by atoms with van der Waals surface area (Å²) in [5.74, 6) is -0.806. The van der Waals surface area contributed by atoms with Gasteiger partial charge in [-0.2, -0.15) is 0 Å². The van der Waals surface area contributed by atoms with Gasteiger partial charge in [0.15, 0.2) is 6.10 Å². The third-order valence-electron chi connectivity index (χ3n) is 6.23. The Kier molecular flexibility index (Phi) is 27.2. The second-order valence-electron chi connectivity index (χ2n) is 10.0. The number of aliphatic hydroxyl groups excluding tert-OH is 2. The first kappa shape index (κ1) is 36.8. The van der Waals surface area contributed by atoms with E-state index in [9.17, 15) is 19.8 Å². The molecule has 0 radical (unpaired) electrons. The van der Waals surface area contributed by atoms with E-state index in [2.05, 4.69) is 38.2 Å². The fourth-order valence-corrected chi connectivity index (χ4v) is 3.83. The van der Waals surface area contributed by atoms with Gasteiger partial charge in [0.1, 0.15) is 6.61 Å². The summed E-state index contributed by atoms with van der Waals surface area (Å²) in [6, 6.07) is 0. The molecule has 0 rings (SSSR count). The zero-order valence-electron chi connectivity index (χ0n) is 24.7. The number of esters is 2. The summed E-state index contributed by atoms with van der Waals surface area (Å²) in [5, 5.41) is 19.5. The van der Waals surface area contributed by atoms with Crippen molar-refractivity contribution in [1.82, 2.24) is 0 Å². The lowest BCUT2D eigenvalue weighted by Gasteiger charge is -2.16. The second-order valence-corrected chi connectivity index (χ2v) is 10.0. The first-order chi connectivity index (χ1) is 19.0. The zero-order valence-corrected chi connectivity index (χ0v) is 24.7. The molecule has 0 saturated carbocycles. The van der Waals surface area contributed by atoms with Crippen LogP contribution in [0.3, 0.4) is 0 Å². The molecule has 0 unspecified atom stereocenters. The van der Waals surface area contributed by atoms with Gasteiger partial charge in [-0.15, -0.1) is 0 Å². The molecule has 0 aromatic rings. The van der Waals surface area contributed by atoms with Crippen LogP contribution in [0.5, 0.6) is 0 Å². The number of allylic oxidation sites excluding steroid dienone is 7. The van der Waals surface area contributed by atoms with Gasteiger partial charge in [0, 0.05) is 12.8 Å². The molecule has 224 valence electrons. The highest BCUT2D eigenvalue weighted by molar-refractivity contribution is 5.70. The molecule has 0 aromatic carbocycles. The van der Waals surface area contributed by atoms with E-state index in [-0.39, 0.29) is 19.0 Å².